The highest BCUT2D eigenvalue weighted by atomic mass is 16.5. The highest BCUT2D eigenvalue weighted by Gasteiger charge is 2.10. The van der Waals surface area contributed by atoms with Gasteiger partial charge in [0.05, 0.1) is 19.3 Å². The molecule has 0 heterocycles. The van der Waals surface area contributed by atoms with Crippen molar-refractivity contribution >= 4 is 12.0 Å². The summed E-state index contributed by atoms with van der Waals surface area (Å²) >= 11 is 0. The van der Waals surface area contributed by atoms with Gasteiger partial charge in [-0.05, 0) is 31.0 Å². The molecule has 15 heavy (non-hydrogen) atoms. The average Bonchev–Trinajstić information content (AvgIpc) is 2.17. The molecule has 82 valence electrons. The molecule has 0 saturated heterocycles. The van der Waals surface area contributed by atoms with Crippen LogP contribution in [0.5, 0.6) is 5.75 Å². The molecular formula is C12H17NO2. The summed E-state index contributed by atoms with van der Waals surface area (Å²) < 4.78 is 5.34. The standard InChI is InChI=1S/C12H17NO2/c1-9-7-10(2)12(15-4)11(8-9)13(3)5-6-14/h6-8H,5H2,1-4H3. The Morgan fingerprint density at radius 2 is 2.07 bits per heavy atom. The van der Waals surface area contributed by atoms with E-state index >= 15 is 0 Å². The van der Waals surface area contributed by atoms with Crippen LogP contribution in [-0.2, 0) is 4.79 Å². The third-order valence-corrected chi connectivity index (χ3v) is 2.36. The summed E-state index contributed by atoms with van der Waals surface area (Å²) in [7, 11) is 3.53. The molecule has 0 bridgehead atoms. The van der Waals surface area contributed by atoms with Gasteiger partial charge in [-0.2, -0.15) is 0 Å². The first-order valence-corrected chi connectivity index (χ1v) is 4.90. The second kappa shape index (κ2) is 4.82. The first-order chi connectivity index (χ1) is 7.10. The van der Waals surface area contributed by atoms with Crippen LogP contribution in [0.4, 0.5) is 5.69 Å². The van der Waals surface area contributed by atoms with Crippen molar-refractivity contribution in [2.75, 3.05) is 25.6 Å². The molecule has 0 aliphatic heterocycles. The van der Waals surface area contributed by atoms with Gasteiger partial charge in [0, 0.05) is 7.05 Å². The van der Waals surface area contributed by atoms with Crippen LogP contribution in [0.25, 0.3) is 0 Å². The maximum Gasteiger partial charge on any atom is 0.145 e. The van der Waals surface area contributed by atoms with Gasteiger partial charge in [-0.3, -0.25) is 0 Å². The van der Waals surface area contributed by atoms with E-state index in [1.165, 1.54) is 5.56 Å². The largest absolute Gasteiger partial charge is 0.494 e. The van der Waals surface area contributed by atoms with Gasteiger partial charge in [-0.15, -0.1) is 0 Å². The lowest BCUT2D eigenvalue weighted by Crippen LogP contribution is -2.20. The zero-order valence-electron chi connectivity index (χ0n) is 9.70. The fourth-order valence-electron chi connectivity index (χ4n) is 1.69. The van der Waals surface area contributed by atoms with E-state index < -0.39 is 0 Å². The molecule has 0 amide bonds. The SMILES string of the molecule is COc1c(C)cc(C)cc1N(C)CC=O. The lowest BCUT2D eigenvalue weighted by molar-refractivity contribution is -0.106. The van der Waals surface area contributed by atoms with Crippen LogP contribution >= 0.6 is 0 Å². The number of nitrogens with zero attached hydrogens (tertiary/aromatic N) is 1. The van der Waals surface area contributed by atoms with Gasteiger partial charge in [-0.25, -0.2) is 0 Å². The predicted molar refractivity (Wildman–Crippen MR) is 61.8 cm³/mol. The number of anilines is 1. The number of aryl methyl sites for hydroxylation is 2. The summed E-state index contributed by atoms with van der Waals surface area (Å²) in [6, 6.07) is 4.09. The summed E-state index contributed by atoms with van der Waals surface area (Å²) in [5.74, 6) is 0.838. The molecule has 0 aliphatic rings. The highest BCUT2D eigenvalue weighted by Crippen LogP contribution is 2.32. The quantitative estimate of drug-likeness (QED) is 0.707. The van der Waals surface area contributed by atoms with Crippen LogP contribution in [0.3, 0.4) is 0 Å². The first kappa shape index (κ1) is 11.6. The summed E-state index contributed by atoms with van der Waals surface area (Å²) in [6.45, 7) is 4.41. The van der Waals surface area contributed by atoms with Crippen LogP contribution in [0, 0.1) is 13.8 Å². The van der Waals surface area contributed by atoms with Crippen LogP contribution in [0.2, 0.25) is 0 Å². The second-order valence-electron chi connectivity index (χ2n) is 3.68. The van der Waals surface area contributed by atoms with Crippen molar-refractivity contribution in [3.8, 4) is 5.75 Å². The van der Waals surface area contributed by atoms with E-state index in [4.69, 9.17) is 4.74 Å². The van der Waals surface area contributed by atoms with E-state index in [1.54, 1.807) is 7.11 Å². The Balaban J connectivity index is 3.19. The zero-order chi connectivity index (χ0) is 11.4. The predicted octanol–water partition coefficient (Wildman–Crippen LogP) is 1.95. The minimum absolute atomic E-state index is 0.374. The fourth-order valence-corrected chi connectivity index (χ4v) is 1.69. The van der Waals surface area contributed by atoms with Gasteiger partial charge < -0.3 is 14.4 Å². The number of hydrogen-bond acceptors (Lipinski definition) is 3. The Hall–Kier alpha value is -1.51. The number of benzene rings is 1. The van der Waals surface area contributed by atoms with Gasteiger partial charge in [0.15, 0.2) is 0 Å². The van der Waals surface area contributed by atoms with E-state index in [0.717, 1.165) is 23.3 Å². The third-order valence-electron chi connectivity index (χ3n) is 2.36. The van der Waals surface area contributed by atoms with E-state index in [1.807, 2.05) is 31.9 Å². The number of rotatable bonds is 4. The molecule has 0 N–H and O–H groups in total. The molecule has 3 heteroatoms. The first-order valence-electron chi connectivity index (χ1n) is 4.90. The lowest BCUT2D eigenvalue weighted by Gasteiger charge is -2.21. The minimum atomic E-state index is 0.374. The molecule has 0 fully saturated rings. The third kappa shape index (κ3) is 2.49. The Bertz CT molecular complexity index is 361. The van der Waals surface area contributed by atoms with Gasteiger partial charge in [0.1, 0.15) is 12.0 Å². The normalized spacial score (nSPS) is 9.87. The molecule has 0 aliphatic carbocycles. The van der Waals surface area contributed by atoms with Gasteiger partial charge >= 0.3 is 0 Å². The highest BCUT2D eigenvalue weighted by molar-refractivity contribution is 5.68. The minimum Gasteiger partial charge on any atom is -0.494 e. The molecule has 0 atom stereocenters. The van der Waals surface area contributed by atoms with Gasteiger partial charge in [0.2, 0.25) is 0 Å². The average molecular weight is 207 g/mol. The van der Waals surface area contributed by atoms with Crippen LogP contribution in [-0.4, -0.2) is 27.0 Å². The van der Waals surface area contributed by atoms with Crippen molar-refractivity contribution in [3.05, 3.63) is 23.3 Å². The molecule has 0 saturated carbocycles. The van der Waals surface area contributed by atoms with E-state index in [9.17, 15) is 4.79 Å². The molecule has 1 rings (SSSR count). The van der Waals surface area contributed by atoms with Crippen molar-refractivity contribution in [1.82, 2.24) is 0 Å². The summed E-state index contributed by atoms with van der Waals surface area (Å²) in [5, 5.41) is 0. The Kier molecular flexibility index (Phi) is 3.72. The summed E-state index contributed by atoms with van der Waals surface area (Å²) in [6.07, 6.45) is 0.886. The maximum atomic E-state index is 10.5. The Morgan fingerprint density at radius 3 is 2.60 bits per heavy atom. The van der Waals surface area contributed by atoms with Crippen molar-refractivity contribution in [3.63, 3.8) is 0 Å². The monoisotopic (exact) mass is 207 g/mol. The second-order valence-corrected chi connectivity index (χ2v) is 3.68. The fraction of sp³-hybridized carbons (Fsp3) is 0.417. The number of aldehydes is 1. The number of methoxy groups -OCH3 is 1. The Morgan fingerprint density at radius 1 is 1.40 bits per heavy atom. The Labute approximate surface area is 90.7 Å². The summed E-state index contributed by atoms with van der Waals surface area (Å²) in [4.78, 5) is 12.4. The van der Waals surface area contributed by atoms with Crippen LogP contribution < -0.4 is 9.64 Å². The number of carbonyl (C=O) groups is 1. The molecule has 1 aromatic carbocycles. The molecule has 0 aromatic heterocycles. The van der Waals surface area contributed by atoms with E-state index in [0.29, 0.717) is 6.54 Å². The number of ether oxygens (including phenoxy) is 1. The molecule has 0 spiro atoms. The summed E-state index contributed by atoms with van der Waals surface area (Å²) in [5.41, 5.74) is 3.22. The van der Waals surface area contributed by atoms with Crippen molar-refractivity contribution in [2.24, 2.45) is 0 Å². The van der Waals surface area contributed by atoms with Crippen LogP contribution in [0.15, 0.2) is 12.1 Å². The van der Waals surface area contributed by atoms with Crippen molar-refractivity contribution in [2.45, 2.75) is 13.8 Å². The van der Waals surface area contributed by atoms with E-state index in [2.05, 4.69) is 6.07 Å². The lowest BCUT2D eigenvalue weighted by atomic mass is 10.1. The number of carbonyl (C=O) groups excluding carboxylic acids is 1. The van der Waals surface area contributed by atoms with Gasteiger partial charge in [0.25, 0.3) is 0 Å². The van der Waals surface area contributed by atoms with Crippen molar-refractivity contribution in [1.29, 1.82) is 0 Å². The molecule has 0 unspecified atom stereocenters. The van der Waals surface area contributed by atoms with E-state index in [-0.39, 0.29) is 0 Å². The molecular weight excluding hydrogens is 190 g/mol. The topological polar surface area (TPSA) is 29.5 Å². The van der Waals surface area contributed by atoms with Crippen LogP contribution in [0.1, 0.15) is 11.1 Å². The number of hydrogen-bond donors (Lipinski definition) is 0. The number of likely N-dealkylation sites (N-methyl/N-ethyl adjacent to an activating group) is 1. The van der Waals surface area contributed by atoms with Gasteiger partial charge in [-0.1, -0.05) is 6.07 Å². The van der Waals surface area contributed by atoms with Crippen molar-refractivity contribution < 1.29 is 9.53 Å². The molecule has 0 radical (unpaired) electrons. The zero-order valence-corrected chi connectivity index (χ0v) is 9.70. The smallest absolute Gasteiger partial charge is 0.145 e. The molecule has 1 aromatic rings. The molecule has 3 nitrogen and oxygen atoms in total. The maximum absolute atomic E-state index is 10.5.